The lowest BCUT2D eigenvalue weighted by molar-refractivity contribution is -0.141. The Bertz CT molecular complexity index is 2150. The standard InChI is InChI=1S/C44H36N4/c1-44(25-37-23-36-24-38(26-44)40(36)37)39-20-18-31(19-21-39)34-8-5-9-35(22-34)43-47-41(32-6-3-2-4-7-32)46-42(48-43)33-16-14-30(15-17-33)29-12-10-28(27-45)11-13-29/h2-22,36-38,40H,23-26H2,1H3/t36?,37-,38+,40?,44?. The maximum absolute atomic E-state index is 9.16. The number of nitriles is 1. The van der Waals surface area contributed by atoms with Crippen LogP contribution in [0.2, 0.25) is 0 Å². The lowest BCUT2D eigenvalue weighted by Gasteiger charge is -2.65. The molecule has 9 rings (SSSR count). The molecule has 3 aliphatic rings. The van der Waals surface area contributed by atoms with E-state index in [2.05, 4.69) is 85.8 Å². The number of nitrogens with zero attached hydrogens (tertiary/aromatic N) is 4. The van der Waals surface area contributed by atoms with Crippen molar-refractivity contribution in [2.24, 2.45) is 23.7 Å². The quantitative estimate of drug-likeness (QED) is 0.186. The Morgan fingerprint density at radius 3 is 1.60 bits per heavy atom. The van der Waals surface area contributed by atoms with Gasteiger partial charge in [-0.3, -0.25) is 0 Å². The van der Waals surface area contributed by atoms with Crippen LogP contribution in [0.15, 0.2) is 127 Å². The first-order valence-electron chi connectivity index (χ1n) is 17.2. The summed E-state index contributed by atoms with van der Waals surface area (Å²) in [7, 11) is 0. The molecule has 0 bridgehead atoms. The van der Waals surface area contributed by atoms with Gasteiger partial charge in [-0.25, -0.2) is 15.0 Å². The van der Waals surface area contributed by atoms with E-state index in [1.807, 2.05) is 54.6 Å². The maximum atomic E-state index is 9.16. The molecule has 0 amide bonds. The molecule has 0 radical (unpaired) electrons. The molecule has 0 spiro atoms. The Labute approximate surface area is 282 Å². The summed E-state index contributed by atoms with van der Waals surface area (Å²) in [5.74, 6) is 5.94. The third kappa shape index (κ3) is 5.02. The zero-order valence-corrected chi connectivity index (χ0v) is 27.1. The number of rotatable bonds is 6. The Morgan fingerprint density at radius 2 is 1.00 bits per heavy atom. The number of hydrogen-bond donors (Lipinski definition) is 0. The topological polar surface area (TPSA) is 62.5 Å². The van der Waals surface area contributed by atoms with Gasteiger partial charge >= 0.3 is 0 Å². The van der Waals surface area contributed by atoms with Crippen molar-refractivity contribution in [2.75, 3.05) is 0 Å². The first-order valence-corrected chi connectivity index (χ1v) is 17.2. The SMILES string of the molecule is CC1(c2ccc(-c3cccc(-c4nc(-c5ccccc5)nc(-c5ccc(-c6ccc(C#N)cc6)cc5)n4)c3)cc2)C[C@H]2CC3C[C@@H](C1)C32. The molecular formula is C44H36N4. The van der Waals surface area contributed by atoms with E-state index in [0.29, 0.717) is 28.5 Å². The molecular weight excluding hydrogens is 585 g/mol. The van der Waals surface area contributed by atoms with E-state index in [0.717, 1.165) is 57.1 Å². The second-order valence-electron chi connectivity index (χ2n) is 14.4. The summed E-state index contributed by atoms with van der Waals surface area (Å²) in [6.07, 6.45) is 5.64. The van der Waals surface area contributed by atoms with Crippen LogP contribution in [-0.2, 0) is 5.41 Å². The van der Waals surface area contributed by atoms with Gasteiger partial charge in [-0.2, -0.15) is 5.26 Å². The number of hydrogen-bond acceptors (Lipinski definition) is 4. The summed E-state index contributed by atoms with van der Waals surface area (Å²) in [6.45, 7) is 2.51. The van der Waals surface area contributed by atoms with Crippen molar-refractivity contribution in [2.45, 2.75) is 38.0 Å². The van der Waals surface area contributed by atoms with Crippen molar-refractivity contribution in [3.63, 3.8) is 0 Å². The van der Waals surface area contributed by atoms with E-state index in [1.54, 1.807) is 0 Å². The molecule has 6 aromatic rings. The Morgan fingerprint density at radius 1 is 0.521 bits per heavy atom. The highest BCUT2D eigenvalue weighted by molar-refractivity contribution is 5.74. The first kappa shape index (κ1) is 28.8. The average molecular weight is 621 g/mol. The minimum atomic E-state index is 0.299. The molecule has 0 saturated heterocycles. The fourth-order valence-electron chi connectivity index (χ4n) is 8.98. The second kappa shape index (κ2) is 11.4. The van der Waals surface area contributed by atoms with Crippen LogP contribution in [0, 0.1) is 35.0 Å². The normalized spacial score (nSPS) is 23.7. The zero-order chi connectivity index (χ0) is 32.2. The smallest absolute Gasteiger partial charge is 0.164 e. The highest BCUT2D eigenvalue weighted by Crippen LogP contribution is 2.67. The highest BCUT2D eigenvalue weighted by atomic mass is 15.0. The summed E-state index contributed by atoms with van der Waals surface area (Å²) in [4.78, 5) is 14.9. The van der Waals surface area contributed by atoms with Crippen LogP contribution in [0.3, 0.4) is 0 Å². The second-order valence-corrected chi connectivity index (χ2v) is 14.4. The largest absolute Gasteiger partial charge is 0.208 e. The minimum absolute atomic E-state index is 0.299. The lowest BCUT2D eigenvalue weighted by atomic mass is 9.39. The zero-order valence-electron chi connectivity index (χ0n) is 27.1. The van der Waals surface area contributed by atoms with Gasteiger partial charge in [-0.05, 0) is 101 Å². The molecule has 3 aliphatic carbocycles. The van der Waals surface area contributed by atoms with Gasteiger partial charge in [0.1, 0.15) is 0 Å². The Balaban J connectivity index is 1.03. The summed E-state index contributed by atoms with van der Waals surface area (Å²) >= 11 is 0. The molecule has 1 heterocycles. The van der Waals surface area contributed by atoms with Crippen molar-refractivity contribution < 1.29 is 0 Å². The third-order valence-corrected chi connectivity index (χ3v) is 11.5. The van der Waals surface area contributed by atoms with Gasteiger partial charge in [0.2, 0.25) is 0 Å². The van der Waals surface area contributed by atoms with Gasteiger partial charge in [-0.15, -0.1) is 0 Å². The van der Waals surface area contributed by atoms with Gasteiger partial charge in [-0.1, -0.05) is 116 Å². The first-order chi connectivity index (χ1) is 23.5. The van der Waals surface area contributed by atoms with Crippen LogP contribution in [0.5, 0.6) is 0 Å². The summed E-state index contributed by atoms with van der Waals surface area (Å²) in [6, 6.07) is 46.1. The van der Waals surface area contributed by atoms with Crippen molar-refractivity contribution >= 4 is 0 Å². The van der Waals surface area contributed by atoms with Crippen LogP contribution in [-0.4, -0.2) is 15.0 Å². The van der Waals surface area contributed by atoms with Gasteiger partial charge < -0.3 is 0 Å². The molecule has 3 saturated carbocycles. The molecule has 0 aliphatic heterocycles. The van der Waals surface area contributed by atoms with Crippen molar-refractivity contribution in [3.8, 4) is 62.5 Å². The van der Waals surface area contributed by atoms with Crippen molar-refractivity contribution in [3.05, 3.63) is 139 Å². The fraction of sp³-hybridized carbons (Fsp3) is 0.227. The average Bonchev–Trinajstić information content (AvgIpc) is 3.13. The number of benzene rings is 5. The van der Waals surface area contributed by atoms with Gasteiger partial charge in [0.25, 0.3) is 0 Å². The van der Waals surface area contributed by atoms with Crippen molar-refractivity contribution in [1.29, 1.82) is 5.26 Å². The Kier molecular flexibility index (Phi) is 6.83. The molecule has 3 fully saturated rings. The van der Waals surface area contributed by atoms with Crippen LogP contribution >= 0.6 is 0 Å². The predicted molar refractivity (Wildman–Crippen MR) is 192 cm³/mol. The van der Waals surface area contributed by atoms with Gasteiger partial charge in [0.15, 0.2) is 17.5 Å². The monoisotopic (exact) mass is 620 g/mol. The number of aromatic nitrogens is 3. The molecule has 4 heteroatoms. The van der Waals surface area contributed by atoms with Crippen LogP contribution in [0.4, 0.5) is 0 Å². The van der Waals surface area contributed by atoms with E-state index in [-0.39, 0.29) is 0 Å². The van der Waals surface area contributed by atoms with E-state index < -0.39 is 0 Å². The Hall–Kier alpha value is -5.40. The summed E-state index contributed by atoms with van der Waals surface area (Å²) < 4.78 is 0. The molecule has 4 nitrogen and oxygen atoms in total. The maximum Gasteiger partial charge on any atom is 0.164 e. The van der Waals surface area contributed by atoms with Crippen LogP contribution < -0.4 is 0 Å². The molecule has 0 N–H and O–H groups in total. The van der Waals surface area contributed by atoms with Gasteiger partial charge in [0, 0.05) is 16.7 Å². The minimum Gasteiger partial charge on any atom is -0.208 e. The van der Waals surface area contributed by atoms with E-state index in [1.165, 1.54) is 36.8 Å². The fourth-order valence-corrected chi connectivity index (χ4v) is 8.98. The molecule has 5 atom stereocenters. The molecule has 1 aromatic heterocycles. The third-order valence-electron chi connectivity index (χ3n) is 11.5. The summed E-state index contributed by atoms with van der Waals surface area (Å²) in [5, 5.41) is 9.16. The molecule has 5 aromatic carbocycles. The van der Waals surface area contributed by atoms with Crippen LogP contribution in [0.1, 0.15) is 43.7 Å². The predicted octanol–water partition coefficient (Wildman–Crippen LogP) is 10.4. The van der Waals surface area contributed by atoms with E-state index in [9.17, 15) is 0 Å². The summed E-state index contributed by atoms with van der Waals surface area (Å²) in [5.41, 5.74) is 9.77. The van der Waals surface area contributed by atoms with Crippen LogP contribution in [0.25, 0.3) is 56.4 Å². The molecule has 48 heavy (non-hydrogen) atoms. The lowest BCUT2D eigenvalue weighted by Crippen LogP contribution is -2.58. The molecule has 3 unspecified atom stereocenters. The van der Waals surface area contributed by atoms with Crippen molar-refractivity contribution in [1.82, 2.24) is 15.0 Å². The highest BCUT2D eigenvalue weighted by Gasteiger charge is 2.59. The van der Waals surface area contributed by atoms with Gasteiger partial charge in [0.05, 0.1) is 11.6 Å². The molecule has 232 valence electrons. The van der Waals surface area contributed by atoms with E-state index in [4.69, 9.17) is 20.2 Å². The van der Waals surface area contributed by atoms with E-state index >= 15 is 0 Å².